The molecule has 140 valence electrons. The van der Waals surface area contributed by atoms with Crippen molar-refractivity contribution in [2.45, 2.75) is 4.90 Å². The Morgan fingerprint density at radius 2 is 1.56 bits per heavy atom. The second-order valence-corrected chi connectivity index (χ2v) is 7.59. The summed E-state index contributed by atoms with van der Waals surface area (Å²) in [5, 5.41) is 2.70. The van der Waals surface area contributed by atoms with Gasteiger partial charge in [-0.15, -0.1) is 13.2 Å². The molecule has 0 atom stereocenters. The third kappa shape index (κ3) is 5.77. The molecule has 0 bridgehead atoms. The highest BCUT2D eigenvalue weighted by Gasteiger charge is 2.22. The molecule has 0 saturated carbocycles. The van der Waals surface area contributed by atoms with Gasteiger partial charge in [0.1, 0.15) is 0 Å². The first kappa shape index (κ1) is 20.4. The summed E-state index contributed by atoms with van der Waals surface area (Å²) in [6, 6.07) is 15.5. The van der Waals surface area contributed by atoms with Gasteiger partial charge in [0.25, 0.3) is 0 Å². The minimum Gasteiger partial charge on any atom is -0.323 e. The summed E-state index contributed by atoms with van der Waals surface area (Å²) in [6.07, 6.45) is 6.18. The number of carbonyl (C=O) groups is 1. The van der Waals surface area contributed by atoms with Gasteiger partial charge in [-0.2, -0.15) is 4.31 Å². The fourth-order valence-electron chi connectivity index (χ4n) is 2.34. The maximum Gasteiger partial charge on any atom is 0.248 e. The second kappa shape index (κ2) is 9.66. The van der Waals surface area contributed by atoms with Crippen LogP contribution in [0.25, 0.3) is 6.08 Å². The van der Waals surface area contributed by atoms with Crippen LogP contribution in [0.2, 0.25) is 0 Å². The highest BCUT2D eigenvalue weighted by atomic mass is 32.2. The van der Waals surface area contributed by atoms with Crippen molar-refractivity contribution in [3.05, 3.63) is 91.5 Å². The van der Waals surface area contributed by atoms with Crippen molar-refractivity contribution in [1.29, 1.82) is 0 Å². The van der Waals surface area contributed by atoms with Gasteiger partial charge in [-0.3, -0.25) is 4.79 Å². The van der Waals surface area contributed by atoms with Crippen LogP contribution in [-0.2, 0) is 14.8 Å². The second-order valence-electron chi connectivity index (χ2n) is 5.66. The molecule has 5 nitrogen and oxygen atoms in total. The van der Waals surface area contributed by atoms with Gasteiger partial charge in [-0.25, -0.2) is 8.42 Å². The van der Waals surface area contributed by atoms with Crippen molar-refractivity contribution in [3.8, 4) is 0 Å². The molecule has 0 spiro atoms. The van der Waals surface area contributed by atoms with Gasteiger partial charge in [0, 0.05) is 24.9 Å². The van der Waals surface area contributed by atoms with Crippen LogP contribution in [-0.4, -0.2) is 31.7 Å². The number of benzene rings is 2. The number of rotatable bonds is 9. The highest BCUT2D eigenvalue weighted by Crippen LogP contribution is 2.18. The molecule has 2 aromatic carbocycles. The van der Waals surface area contributed by atoms with Crippen LogP contribution < -0.4 is 5.32 Å². The van der Waals surface area contributed by atoms with E-state index >= 15 is 0 Å². The van der Waals surface area contributed by atoms with E-state index in [4.69, 9.17) is 0 Å². The monoisotopic (exact) mass is 382 g/mol. The van der Waals surface area contributed by atoms with Crippen LogP contribution >= 0.6 is 0 Å². The number of sulfonamides is 1. The van der Waals surface area contributed by atoms with Crippen molar-refractivity contribution in [2.75, 3.05) is 18.4 Å². The molecule has 0 aliphatic carbocycles. The van der Waals surface area contributed by atoms with E-state index in [9.17, 15) is 13.2 Å². The highest BCUT2D eigenvalue weighted by molar-refractivity contribution is 7.89. The summed E-state index contributed by atoms with van der Waals surface area (Å²) in [6.45, 7) is 7.55. The van der Waals surface area contributed by atoms with Gasteiger partial charge in [-0.1, -0.05) is 42.5 Å². The lowest BCUT2D eigenvalue weighted by Crippen LogP contribution is -2.31. The molecule has 6 heteroatoms. The summed E-state index contributed by atoms with van der Waals surface area (Å²) in [5.41, 5.74) is 1.43. The Hall–Kier alpha value is -2.96. The van der Waals surface area contributed by atoms with Gasteiger partial charge in [-0.05, 0) is 35.9 Å². The van der Waals surface area contributed by atoms with E-state index in [1.807, 2.05) is 30.3 Å². The predicted octanol–water partition coefficient (Wildman–Crippen LogP) is 3.70. The van der Waals surface area contributed by atoms with Crippen LogP contribution in [0.1, 0.15) is 5.56 Å². The third-order valence-corrected chi connectivity index (χ3v) is 5.50. The Morgan fingerprint density at radius 1 is 0.963 bits per heavy atom. The van der Waals surface area contributed by atoms with Gasteiger partial charge < -0.3 is 5.32 Å². The smallest absolute Gasteiger partial charge is 0.248 e. The van der Waals surface area contributed by atoms with Crippen molar-refractivity contribution in [2.24, 2.45) is 0 Å². The molecular weight excluding hydrogens is 360 g/mol. The average Bonchev–Trinajstić information content (AvgIpc) is 2.67. The van der Waals surface area contributed by atoms with Crippen LogP contribution in [0, 0.1) is 0 Å². The third-order valence-electron chi connectivity index (χ3n) is 3.65. The number of amides is 1. The Balaban J connectivity index is 2.08. The van der Waals surface area contributed by atoms with Crippen molar-refractivity contribution in [3.63, 3.8) is 0 Å². The summed E-state index contributed by atoms with van der Waals surface area (Å²) in [7, 11) is -3.65. The number of carbonyl (C=O) groups excluding carboxylic acids is 1. The topological polar surface area (TPSA) is 66.5 Å². The summed E-state index contributed by atoms with van der Waals surface area (Å²) < 4.78 is 26.5. The van der Waals surface area contributed by atoms with Crippen LogP contribution in [0.4, 0.5) is 5.69 Å². The molecule has 0 radical (unpaired) electrons. The number of nitrogens with zero attached hydrogens (tertiary/aromatic N) is 1. The number of anilines is 1. The first-order valence-corrected chi connectivity index (χ1v) is 9.77. The zero-order valence-electron chi connectivity index (χ0n) is 14.9. The number of hydrogen-bond donors (Lipinski definition) is 1. The largest absolute Gasteiger partial charge is 0.323 e. The van der Waals surface area contributed by atoms with E-state index in [-0.39, 0.29) is 23.9 Å². The van der Waals surface area contributed by atoms with Crippen molar-refractivity contribution >= 4 is 27.7 Å². The van der Waals surface area contributed by atoms with E-state index in [1.165, 1.54) is 34.7 Å². The van der Waals surface area contributed by atoms with E-state index in [0.717, 1.165) is 5.56 Å². The van der Waals surface area contributed by atoms with E-state index in [2.05, 4.69) is 18.5 Å². The molecule has 0 fully saturated rings. The Bertz CT molecular complexity index is 908. The normalized spacial score (nSPS) is 11.4. The average molecular weight is 382 g/mol. The molecule has 0 aliphatic rings. The van der Waals surface area contributed by atoms with E-state index in [0.29, 0.717) is 5.69 Å². The molecule has 0 aromatic heterocycles. The summed E-state index contributed by atoms with van der Waals surface area (Å²) in [4.78, 5) is 12.1. The molecule has 0 saturated heterocycles. The SMILES string of the molecule is C=CCN(CC=C)S(=O)(=O)c1ccc(NC(=O)/C=C/c2ccccc2)cc1. The molecule has 1 amide bonds. The Kier molecular flexibility index (Phi) is 7.28. The molecule has 0 aliphatic heterocycles. The first-order valence-electron chi connectivity index (χ1n) is 8.33. The molecule has 0 heterocycles. The molecule has 27 heavy (non-hydrogen) atoms. The Morgan fingerprint density at radius 3 is 2.11 bits per heavy atom. The zero-order chi connectivity index (χ0) is 19.7. The van der Waals surface area contributed by atoms with Crippen molar-refractivity contribution in [1.82, 2.24) is 4.31 Å². The maximum atomic E-state index is 12.6. The Labute approximate surface area is 160 Å². The zero-order valence-corrected chi connectivity index (χ0v) is 15.7. The van der Waals surface area contributed by atoms with Crippen LogP contribution in [0.15, 0.2) is 90.9 Å². The molecular formula is C21H22N2O3S. The van der Waals surface area contributed by atoms with Crippen LogP contribution in [0.3, 0.4) is 0 Å². The minimum atomic E-state index is -3.65. The first-order chi connectivity index (χ1) is 13.0. The van der Waals surface area contributed by atoms with Crippen molar-refractivity contribution < 1.29 is 13.2 Å². The molecule has 1 N–H and O–H groups in total. The van der Waals surface area contributed by atoms with Crippen LogP contribution in [0.5, 0.6) is 0 Å². The molecule has 0 unspecified atom stereocenters. The van der Waals surface area contributed by atoms with Gasteiger partial charge in [0.15, 0.2) is 0 Å². The predicted molar refractivity (Wildman–Crippen MR) is 110 cm³/mol. The lowest BCUT2D eigenvalue weighted by molar-refractivity contribution is -0.111. The summed E-state index contributed by atoms with van der Waals surface area (Å²) >= 11 is 0. The fourth-order valence-corrected chi connectivity index (χ4v) is 3.72. The summed E-state index contributed by atoms with van der Waals surface area (Å²) in [5.74, 6) is -0.297. The molecule has 2 rings (SSSR count). The van der Waals surface area contributed by atoms with Gasteiger partial charge >= 0.3 is 0 Å². The molecule has 2 aromatic rings. The van der Waals surface area contributed by atoms with Gasteiger partial charge in [0.05, 0.1) is 4.90 Å². The van der Waals surface area contributed by atoms with E-state index in [1.54, 1.807) is 18.2 Å². The quantitative estimate of drug-likeness (QED) is 0.531. The maximum absolute atomic E-state index is 12.6. The fraction of sp³-hybridized carbons (Fsp3) is 0.0952. The number of nitrogens with one attached hydrogen (secondary N) is 1. The minimum absolute atomic E-state index is 0.143. The standard InChI is InChI=1S/C21H22N2O3S/c1-3-16-23(17-4-2)27(25,26)20-13-11-19(12-14-20)22-21(24)15-10-18-8-6-5-7-9-18/h3-15H,1-2,16-17H2,(H,22,24)/b15-10+. The van der Waals surface area contributed by atoms with Gasteiger partial charge in [0.2, 0.25) is 15.9 Å². The number of hydrogen-bond acceptors (Lipinski definition) is 3. The lowest BCUT2D eigenvalue weighted by atomic mass is 10.2. The van der Waals surface area contributed by atoms with E-state index < -0.39 is 10.0 Å². The lowest BCUT2D eigenvalue weighted by Gasteiger charge is -2.19.